The van der Waals surface area contributed by atoms with E-state index in [0.717, 1.165) is 0 Å². The third-order valence-electron chi connectivity index (χ3n) is 2.87. The van der Waals surface area contributed by atoms with Crippen LogP contribution in [0.4, 0.5) is 0 Å². The molecule has 2 aliphatic heterocycles. The minimum absolute atomic E-state index is 0.0198. The first-order valence-electron chi connectivity index (χ1n) is 4.56. The summed E-state index contributed by atoms with van der Waals surface area (Å²) in [7, 11) is 0. The summed E-state index contributed by atoms with van der Waals surface area (Å²) in [6.07, 6.45) is 2.20. The topological polar surface area (TPSA) is 83.6 Å². The average molecular weight is 196 g/mol. The maximum Gasteiger partial charge on any atom is 0.352 e. The van der Waals surface area contributed by atoms with Crippen LogP contribution >= 0.6 is 0 Å². The lowest BCUT2D eigenvalue weighted by Gasteiger charge is -2.45. The van der Waals surface area contributed by atoms with Crippen LogP contribution in [0.1, 0.15) is 13.3 Å². The van der Waals surface area contributed by atoms with Crippen LogP contribution < -0.4 is 5.73 Å². The van der Waals surface area contributed by atoms with Crippen LogP contribution in [-0.4, -0.2) is 34.0 Å². The smallest absolute Gasteiger partial charge is 0.352 e. The molecule has 0 radical (unpaired) electrons. The second kappa shape index (κ2) is 2.81. The van der Waals surface area contributed by atoms with Gasteiger partial charge in [-0.05, 0) is 13.3 Å². The number of carbonyl (C=O) groups is 2. The normalized spacial score (nSPS) is 32.0. The number of carboxylic acids is 1. The van der Waals surface area contributed by atoms with E-state index in [-0.39, 0.29) is 29.6 Å². The van der Waals surface area contributed by atoms with Crippen molar-refractivity contribution in [3.8, 4) is 0 Å². The molecule has 0 saturated carbocycles. The van der Waals surface area contributed by atoms with E-state index in [2.05, 4.69) is 0 Å². The van der Waals surface area contributed by atoms with Crippen LogP contribution in [-0.2, 0) is 9.59 Å². The molecule has 0 aromatic heterocycles. The van der Waals surface area contributed by atoms with Crippen LogP contribution in [0, 0.1) is 5.92 Å². The molecule has 2 unspecified atom stereocenters. The maximum absolute atomic E-state index is 11.5. The number of hydrogen-bond donors (Lipinski definition) is 2. The number of carboxylic acid groups (broad SMARTS) is 1. The number of carbonyl (C=O) groups excluding carboxylic acids is 1. The summed E-state index contributed by atoms with van der Waals surface area (Å²) >= 11 is 0. The highest BCUT2D eigenvalue weighted by Gasteiger charge is 2.53. The second-order valence-electron chi connectivity index (χ2n) is 3.79. The first-order valence-corrected chi connectivity index (χ1v) is 4.56. The summed E-state index contributed by atoms with van der Waals surface area (Å²) in [4.78, 5) is 23.6. The highest BCUT2D eigenvalue weighted by atomic mass is 16.4. The van der Waals surface area contributed by atoms with Gasteiger partial charge in [-0.2, -0.15) is 0 Å². The van der Waals surface area contributed by atoms with Gasteiger partial charge in [-0.25, -0.2) is 4.79 Å². The quantitative estimate of drug-likeness (QED) is 0.585. The summed E-state index contributed by atoms with van der Waals surface area (Å²) in [5.41, 5.74) is 5.76. The Hall–Kier alpha value is -1.36. The molecule has 5 nitrogen and oxygen atoms in total. The monoisotopic (exact) mass is 196 g/mol. The fourth-order valence-corrected chi connectivity index (χ4v) is 2.21. The fourth-order valence-electron chi connectivity index (χ4n) is 2.21. The van der Waals surface area contributed by atoms with Gasteiger partial charge in [0.15, 0.2) is 0 Å². The predicted molar refractivity (Wildman–Crippen MR) is 48.1 cm³/mol. The molecule has 5 heteroatoms. The Morgan fingerprint density at radius 1 is 1.79 bits per heavy atom. The zero-order valence-electron chi connectivity index (χ0n) is 7.80. The minimum Gasteiger partial charge on any atom is -0.477 e. The molecule has 0 spiro atoms. The molecule has 2 rings (SSSR count). The van der Waals surface area contributed by atoms with Crippen molar-refractivity contribution >= 4 is 11.9 Å². The van der Waals surface area contributed by atoms with Crippen molar-refractivity contribution in [2.24, 2.45) is 11.7 Å². The molecule has 2 heterocycles. The standard InChI is InChI=1S/C9H12N2O3/c1-4(10)7-5-2-3-6(9(13)14)11(5)8(7)12/h3-5,7H,2,10H2,1H3,(H,13,14)/t4?,5?,7-/m1/s1. The Balaban J connectivity index is 2.17. The molecule has 0 bridgehead atoms. The molecular weight excluding hydrogens is 184 g/mol. The lowest BCUT2D eigenvalue weighted by Crippen LogP contribution is -2.63. The third kappa shape index (κ3) is 0.988. The molecule has 1 fully saturated rings. The van der Waals surface area contributed by atoms with Gasteiger partial charge in [0.2, 0.25) is 5.91 Å². The lowest BCUT2D eigenvalue weighted by atomic mass is 9.82. The maximum atomic E-state index is 11.5. The molecular formula is C9H12N2O3. The van der Waals surface area contributed by atoms with E-state index < -0.39 is 5.97 Å². The number of rotatable bonds is 2. The molecule has 3 N–H and O–H groups in total. The van der Waals surface area contributed by atoms with Crippen LogP contribution in [0.15, 0.2) is 11.8 Å². The van der Waals surface area contributed by atoms with Gasteiger partial charge in [0, 0.05) is 6.04 Å². The Labute approximate surface area is 81.2 Å². The van der Waals surface area contributed by atoms with Crippen molar-refractivity contribution in [1.29, 1.82) is 0 Å². The molecule has 2 aliphatic rings. The van der Waals surface area contributed by atoms with Crippen molar-refractivity contribution < 1.29 is 14.7 Å². The summed E-state index contributed by atoms with van der Waals surface area (Å²) in [5.74, 6) is -1.40. The number of fused-ring (bicyclic) bond motifs is 1. The second-order valence-corrected chi connectivity index (χ2v) is 3.79. The van der Waals surface area contributed by atoms with Crippen LogP contribution in [0.25, 0.3) is 0 Å². The third-order valence-corrected chi connectivity index (χ3v) is 2.87. The summed E-state index contributed by atoms with van der Waals surface area (Å²) in [6.45, 7) is 1.78. The van der Waals surface area contributed by atoms with Gasteiger partial charge in [0.25, 0.3) is 0 Å². The van der Waals surface area contributed by atoms with E-state index in [0.29, 0.717) is 6.42 Å². The van der Waals surface area contributed by atoms with Crippen molar-refractivity contribution in [3.63, 3.8) is 0 Å². The Morgan fingerprint density at radius 2 is 2.43 bits per heavy atom. The van der Waals surface area contributed by atoms with E-state index in [9.17, 15) is 9.59 Å². The van der Waals surface area contributed by atoms with Gasteiger partial charge in [-0.15, -0.1) is 0 Å². The van der Waals surface area contributed by atoms with Gasteiger partial charge in [0.05, 0.1) is 12.0 Å². The summed E-state index contributed by atoms with van der Waals surface area (Å²) < 4.78 is 0. The van der Waals surface area contributed by atoms with E-state index in [4.69, 9.17) is 10.8 Å². The number of aliphatic carboxylic acids is 1. The van der Waals surface area contributed by atoms with Gasteiger partial charge in [-0.1, -0.05) is 6.08 Å². The SMILES string of the molecule is CC(N)[C@H]1C(=O)N2C(C(=O)O)=CCC12. The number of hydrogen-bond acceptors (Lipinski definition) is 3. The minimum atomic E-state index is -1.04. The summed E-state index contributed by atoms with van der Waals surface area (Å²) in [5, 5.41) is 8.78. The van der Waals surface area contributed by atoms with Crippen LogP contribution in [0.2, 0.25) is 0 Å². The van der Waals surface area contributed by atoms with Gasteiger partial charge in [0.1, 0.15) is 5.70 Å². The van der Waals surface area contributed by atoms with E-state index in [1.165, 1.54) is 4.90 Å². The Morgan fingerprint density at radius 3 is 2.93 bits per heavy atom. The van der Waals surface area contributed by atoms with E-state index in [1.54, 1.807) is 13.0 Å². The highest BCUT2D eigenvalue weighted by Crippen LogP contribution is 2.39. The van der Waals surface area contributed by atoms with Crippen molar-refractivity contribution in [2.45, 2.75) is 25.4 Å². The molecule has 76 valence electrons. The first-order chi connectivity index (χ1) is 6.54. The first kappa shape index (κ1) is 9.21. The zero-order valence-corrected chi connectivity index (χ0v) is 7.80. The number of β-lactam (4-membered cyclic amide) rings is 1. The number of amides is 1. The predicted octanol–water partition coefficient (Wildman–Crippen LogP) is -0.467. The van der Waals surface area contributed by atoms with Crippen molar-refractivity contribution in [3.05, 3.63) is 11.8 Å². The van der Waals surface area contributed by atoms with Crippen LogP contribution in [0.5, 0.6) is 0 Å². The van der Waals surface area contributed by atoms with Gasteiger partial charge < -0.3 is 15.7 Å². The molecule has 0 aliphatic carbocycles. The number of nitrogens with zero attached hydrogens (tertiary/aromatic N) is 1. The molecule has 1 saturated heterocycles. The Bertz CT molecular complexity index is 335. The molecule has 0 aromatic carbocycles. The van der Waals surface area contributed by atoms with Gasteiger partial charge in [-0.3, -0.25) is 4.79 Å². The van der Waals surface area contributed by atoms with Crippen molar-refractivity contribution in [2.75, 3.05) is 0 Å². The van der Waals surface area contributed by atoms with Crippen molar-refractivity contribution in [1.82, 2.24) is 4.90 Å². The number of nitrogens with two attached hydrogens (primary N) is 1. The lowest BCUT2D eigenvalue weighted by molar-refractivity contribution is -0.155. The van der Waals surface area contributed by atoms with Crippen LogP contribution in [0.3, 0.4) is 0 Å². The Kier molecular flexibility index (Phi) is 1.85. The van der Waals surface area contributed by atoms with E-state index >= 15 is 0 Å². The molecule has 3 atom stereocenters. The zero-order chi connectivity index (χ0) is 10.5. The average Bonchev–Trinajstić information content (AvgIpc) is 2.42. The molecule has 0 aromatic rings. The molecule has 1 amide bonds. The fraction of sp³-hybridized carbons (Fsp3) is 0.556. The largest absolute Gasteiger partial charge is 0.477 e. The van der Waals surface area contributed by atoms with Gasteiger partial charge >= 0.3 is 5.97 Å². The van der Waals surface area contributed by atoms with E-state index in [1.807, 2.05) is 0 Å². The summed E-state index contributed by atoms with van der Waals surface area (Å²) in [6, 6.07) is -0.223. The molecule has 14 heavy (non-hydrogen) atoms. The highest BCUT2D eigenvalue weighted by molar-refractivity contribution is 5.98.